The number of rotatable bonds is 19. The Balaban J connectivity index is 1.34. The van der Waals surface area contributed by atoms with Crippen LogP contribution in [-0.2, 0) is 43.0 Å². The van der Waals surface area contributed by atoms with Crippen molar-refractivity contribution in [1.29, 1.82) is 0 Å². The van der Waals surface area contributed by atoms with Crippen LogP contribution in [0, 0.1) is 5.92 Å². The average Bonchev–Trinajstić information content (AvgIpc) is 3.66. The lowest BCUT2D eigenvalue weighted by Gasteiger charge is -2.37. The van der Waals surface area contributed by atoms with Gasteiger partial charge in [0.2, 0.25) is 35.4 Å². The van der Waals surface area contributed by atoms with Crippen LogP contribution in [0.5, 0.6) is 0 Å². The molecule has 0 bridgehead atoms. The largest absolute Gasteiger partial charge is 0.370 e. The summed E-state index contributed by atoms with van der Waals surface area (Å²) >= 11 is 4.39. The Morgan fingerprint density at radius 3 is 1.19 bits per heavy atom. The van der Waals surface area contributed by atoms with Crippen LogP contribution >= 0.6 is 35.3 Å². The summed E-state index contributed by atoms with van der Waals surface area (Å²) in [4.78, 5) is 89.5. The molecule has 0 spiro atoms. The van der Waals surface area contributed by atoms with E-state index in [9.17, 15) is 14.4 Å². The highest BCUT2D eigenvalue weighted by atomic mass is 32.2. The van der Waals surface area contributed by atoms with Gasteiger partial charge in [0.15, 0.2) is 0 Å². The van der Waals surface area contributed by atoms with Gasteiger partial charge in [-0.1, -0.05) is 202 Å². The molecule has 426 valence electrons. The Labute approximate surface area is 490 Å². The number of nitrogens with one attached hydrogen (secondary N) is 6. The SMILES string of the molecule is CC[C@H](C)[C@@H]1NC(=O)[C@H](CSC(c2ccccc2)(c2ccccc2)c2ccccc2)NC(=O)[C@H](CCSC)NC(=O)[C@H](CSC(c2ccccc2)(c2ccccc2)c2ccccc2)NC(=O)CNC(=O)[C@H]([C@@H](C)OC(C)(C)C)NC1=O. The van der Waals surface area contributed by atoms with Gasteiger partial charge < -0.3 is 36.6 Å². The first-order valence-corrected chi connectivity index (χ1v) is 30.9. The molecule has 1 aliphatic heterocycles. The number of thioether (sulfide) groups is 3. The Bertz CT molecular complexity index is 2800. The summed E-state index contributed by atoms with van der Waals surface area (Å²) in [6.45, 7) is 10.3. The Kier molecular flexibility index (Phi) is 22.3. The van der Waals surface area contributed by atoms with Gasteiger partial charge in [0.1, 0.15) is 30.2 Å². The molecule has 16 heteroatoms. The van der Waals surface area contributed by atoms with Crippen molar-refractivity contribution in [3.63, 3.8) is 0 Å². The molecule has 1 saturated heterocycles. The summed E-state index contributed by atoms with van der Waals surface area (Å²) in [6, 6.07) is 53.4. The minimum absolute atomic E-state index is 0.00454. The lowest BCUT2D eigenvalue weighted by molar-refractivity contribution is -0.140. The van der Waals surface area contributed by atoms with E-state index < -0.39 is 99.3 Å². The first-order valence-electron chi connectivity index (χ1n) is 27.6. The number of carbonyl (C=O) groups is 6. The maximum Gasteiger partial charge on any atom is 0.245 e. The fourth-order valence-electron chi connectivity index (χ4n) is 10.1. The summed E-state index contributed by atoms with van der Waals surface area (Å²) in [5, 5.41) is 17.6. The van der Waals surface area contributed by atoms with Crippen molar-refractivity contribution in [1.82, 2.24) is 31.9 Å². The van der Waals surface area contributed by atoms with Crippen molar-refractivity contribution in [3.8, 4) is 0 Å². The molecule has 1 aliphatic rings. The Hall–Kier alpha value is -6.85. The molecule has 0 aromatic heterocycles. The third-order valence-corrected chi connectivity index (χ3v) is 18.3. The van der Waals surface area contributed by atoms with Crippen LogP contribution in [0.2, 0.25) is 0 Å². The van der Waals surface area contributed by atoms with E-state index in [1.165, 1.54) is 35.3 Å². The molecule has 6 aromatic carbocycles. The van der Waals surface area contributed by atoms with Gasteiger partial charge in [0, 0.05) is 11.5 Å². The summed E-state index contributed by atoms with van der Waals surface area (Å²) in [6.07, 6.45) is 1.60. The molecule has 1 fully saturated rings. The fourth-order valence-corrected chi connectivity index (χ4v) is 13.7. The van der Waals surface area contributed by atoms with Gasteiger partial charge in [-0.25, -0.2) is 0 Å². The van der Waals surface area contributed by atoms with E-state index in [0.29, 0.717) is 12.2 Å². The van der Waals surface area contributed by atoms with E-state index >= 15 is 14.4 Å². The van der Waals surface area contributed by atoms with Gasteiger partial charge in [0.25, 0.3) is 0 Å². The molecular formula is C65H76N6O7S3. The first kappa shape index (κ1) is 61.8. The molecule has 7 atom stereocenters. The summed E-state index contributed by atoms with van der Waals surface area (Å²) in [5.74, 6) is -3.98. The van der Waals surface area contributed by atoms with Gasteiger partial charge in [-0.3, -0.25) is 28.8 Å². The second kappa shape index (κ2) is 29.2. The number of ether oxygens (including phenoxy) is 1. The van der Waals surface area contributed by atoms with Crippen LogP contribution in [0.1, 0.15) is 87.8 Å². The van der Waals surface area contributed by atoms with E-state index in [2.05, 4.69) is 31.9 Å². The molecule has 6 amide bonds. The predicted octanol–water partition coefficient (Wildman–Crippen LogP) is 8.99. The average molecular weight is 1150 g/mol. The molecule has 6 N–H and O–H groups in total. The zero-order valence-electron chi connectivity index (χ0n) is 47.2. The Morgan fingerprint density at radius 2 is 0.815 bits per heavy atom. The minimum Gasteiger partial charge on any atom is -0.370 e. The maximum atomic E-state index is 15.4. The first-order chi connectivity index (χ1) is 39.0. The highest BCUT2D eigenvalue weighted by Gasteiger charge is 2.43. The molecule has 0 unspecified atom stereocenters. The number of amides is 6. The molecule has 0 saturated carbocycles. The van der Waals surface area contributed by atoms with Crippen molar-refractivity contribution >= 4 is 70.7 Å². The quantitative estimate of drug-likeness (QED) is 0.0428. The van der Waals surface area contributed by atoms with Crippen LogP contribution in [0.4, 0.5) is 0 Å². The van der Waals surface area contributed by atoms with E-state index in [-0.39, 0.29) is 17.9 Å². The van der Waals surface area contributed by atoms with Crippen molar-refractivity contribution in [3.05, 3.63) is 215 Å². The standard InChI is InChI=1S/C65H76N6O7S3/c1-8-44(2)56-62(77)71-57(45(3)78-63(4,5)6)61(76)66-41-55(72)67-53(42-80-64(46-27-15-9-16-28-46,47-29-17-10-18-30-47)48-31-19-11-20-32-48)59(74)68-52(39-40-79-7)58(73)69-54(60(75)70-56)43-81-65(49-33-21-12-22-34-49,50-35-23-13-24-36-50)51-37-25-14-26-38-51/h9-38,44-45,52-54,56-57H,8,39-43H2,1-7H3,(H,66,76)(H,67,72)(H,68,74)(H,69,73)(H,70,75)(H,71,77)/t44-,45+,52-,53-,54-,56-,57-/m0/s1. The van der Waals surface area contributed by atoms with Gasteiger partial charge in [-0.05, 0) is 85.4 Å². The van der Waals surface area contributed by atoms with E-state index in [4.69, 9.17) is 4.74 Å². The van der Waals surface area contributed by atoms with Crippen LogP contribution in [0.15, 0.2) is 182 Å². The molecule has 0 radical (unpaired) electrons. The third kappa shape index (κ3) is 15.8. The van der Waals surface area contributed by atoms with Crippen LogP contribution in [0.25, 0.3) is 0 Å². The molecule has 6 aromatic rings. The topological polar surface area (TPSA) is 184 Å². The van der Waals surface area contributed by atoms with Crippen molar-refractivity contribution in [2.75, 3.05) is 30.1 Å². The highest BCUT2D eigenvalue weighted by molar-refractivity contribution is 8.01. The van der Waals surface area contributed by atoms with E-state index in [1.54, 1.807) is 6.92 Å². The summed E-state index contributed by atoms with van der Waals surface area (Å²) in [5.41, 5.74) is 4.82. The normalized spacial score (nSPS) is 20.0. The van der Waals surface area contributed by atoms with Gasteiger partial charge in [-0.15, -0.1) is 23.5 Å². The van der Waals surface area contributed by atoms with Crippen LogP contribution in [0.3, 0.4) is 0 Å². The second-order valence-electron chi connectivity index (χ2n) is 21.2. The minimum atomic E-state index is -1.34. The molecule has 0 aliphatic carbocycles. The van der Waals surface area contributed by atoms with Gasteiger partial charge >= 0.3 is 0 Å². The summed E-state index contributed by atoms with van der Waals surface area (Å²) in [7, 11) is 0. The Morgan fingerprint density at radius 1 is 0.469 bits per heavy atom. The molecule has 7 rings (SSSR count). The fraction of sp³-hybridized carbons (Fsp3) is 0.354. The third-order valence-electron chi connectivity index (χ3n) is 14.3. The lowest BCUT2D eigenvalue weighted by Crippen LogP contribution is -2.63. The zero-order valence-corrected chi connectivity index (χ0v) is 49.6. The number of benzene rings is 6. The predicted molar refractivity (Wildman–Crippen MR) is 329 cm³/mol. The van der Waals surface area contributed by atoms with Crippen molar-refractivity contribution in [2.24, 2.45) is 5.92 Å². The molecule has 81 heavy (non-hydrogen) atoms. The number of hydrogen-bond acceptors (Lipinski definition) is 10. The number of hydrogen-bond donors (Lipinski definition) is 6. The maximum absolute atomic E-state index is 15.4. The van der Waals surface area contributed by atoms with Crippen LogP contribution in [-0.4, -0.2) is 107 Å². The molecule has 13 nitrogen and oxygen atoms in total. The number of carbonyl (C=O) groups excluding carboxylic acids is 6. The van der Waals surface area contributed by atoms with Gasteiger partial charge in [0.05, 0.1) is 27.7 Å². The van der Waals surface area contributed by atoms with Crippen LogP contribution < -0.4 is 31.9 Å². The monoisotopic (exact) mass is 1150 g/mol. The highest BCUT2D eigenvalue weighted by Crippen LogP contribution is 2.50. The van der Waals surface area contributed by atoms with Gasteiger partial charge in [-0.2, -0.15) is 11.8 Å². The lowest BCUT2D eigenvalue weighted by atomic mass is 9.84. The van der Waals surface area contributed by atoms with Crippen molar-refractivity contribution in [2.45, 2.75) is 106 Å². The zero-order chi connectivity index (χ0) is 58.0. The molecular weight excluding hydrogens is 1070 g/mol. The molecule has 1 heterocycles. The van der Waals surface area contributed by atoms with E-state index in [0.717, 1.165) is 33.4 Å². The van der Waals surface area contributed by atoms with Crippen molar-refractivity contribution < 1.29 is 33.5 Å². The summed E-state index contributed by atoms with van der Waals surface area (Å²) < 4.78 is 4.46. The van der Waals surface area contributed by atoms with E-state index in [1.807, 2.05) is 223 Å². The second-order valence-corrected chi connectivity index (χ2v) is 24.7. The smallest absolute Gasteiger partial charge is 0.245 e.